The molecule has 1 aromatic rings. The van der Waals surface area contributed by atoms with Crippen molar-refractivity contribution in [2.45, 2.75) is 13.0 Å². The first-order valence-corrected chi connectivity index (χ1v) is 4.90. The molecular formula is C10H16ClN3O. The van der Waals surface area contributed by atoms with Crippen LogP contribution in [0.2, 0.25) is 0 Å². The Bertz CT molecular complexity index is 321. The van der Waals surface area contributed by atoms with Crippen molar-refractivity contribution in [1.29, 1.82) is 0 Å². The van der Waals surface area contributed by atoms with E-state index < -0.39 is 0 Å². The number of aromatic nitrogens is 1. The lowest BCUT2D eigenvalue weighted by atomic mass is 10.2. The number of rotatable bonds is 1. The fourth-order valence-corrected chi connectivity index (χ4v) is 1.77. The SMILES string of the molecule is CC1CNCCN1c1ncccc1O.Cl. The van der Waals surface area contributed by atoms with Crippen LogP contribution in [0.1, 0.15) is 6.92 Å². The van der Waals surface area contributed by atoms with Crippen LogP contribution in [0.5, 0.6) is 5.75 Å². The fourth-order valence-electron chi connectivity index (χ4n) is 1.77. The second kappa shape index (κ2) is 5.19. The smallest absolute Gasteiger partial charge is 0.171 e. The van der Waals surface area contributed by atoms with Gasteiger partial charge in [0.2, 0.25) is 0 Å². The van der Waals surface area contributed by atoms with Gasteiger partial charge in [0.15, 0.2) is 11.6 Å². The lowest BCUT2D eigenvalue weighted by molar-refractivity contribution is 0.452. The van der Waals surface area contributed by atoms with Crippen molar-refractivity contribution in [3.05, 3.63) is 18.3 Å². The van der Waals surface area contributed by atoms with Gasteiger partial charge in [-0.25, -0.2) is 4.98 Å². The van der Waals surface area contributed by atoms with E-state index in [2.05, 4.69) is 22.1 Å². The van der Waals surface area contributed by atoms with Crippen LogP contribution in [0.3, 0.4) is 0 Å². The second-order valence-electron chi connectivity index (χ2n) is 3.59. The molecule has 2 rings (SSSR count). The fraction of sp³-hybridized carbons (Fsp3) is 0.500. The molecule has 1 saturated heterocycles. The zero-order valence-electron chi connectivity index (χ0n) is 8.68. The Labute approximate surface area is 95.7 Å². The third-order valence-corrected chi connectivity index (χ3v) is 2.54. The Kier molecular flexibility index (Phi) is 4.17. The first-order chi connectivity index (χ1) is 6.79. The molecule has 0 spiro atoms. The molecule has 0 aliphatic carbocycles. The Morgan fingerprint density at radius 1 is 1.60 bits per heavy atom. The topological polar surface area (TPSA) is 48.4 Å². The number of hydrogen-bond acceptors (Lipinski definition) is 4. The highest BCUT2D eigenvalue weighted by atomic mass is 35.5. The number of nitrogens with zero attached hydrogens (tertiary/aromatic N) is 2. The summed E-state index contributed by atoms with van der Waals surface area (Å²) >= 11 is 0. The number of pyridine rings is 1. The molecule has 0 saturated carbocycles. The van der Waals surface area contributed by atoms with Crippen LogP contribution in [-0.4, -0.2) is 35.8 Å². The summed E-state index contributed by atoms with van der Waals surface area (Å²) in [4.78, 5) is 6.33. The maximum absolute atomic E-state index is 9.66. The zero-order valence-corrected chi connectivity index (χ0v) is 9.50. The highest BCUT2D eigenvalue weighted by molar-refractivity contribution is 5.85. The summed E-state index contributed by atoms with van der Waals surface area (Å²) in [6, 6.07) is 3.80. The van der Waals surface area contributed by atoms with Gasteiger partial charge >= 0.3 is 0 Å². The summed E-state index contributed by atoms with van der Waals surface area (Å²) < 4.78 is 0. The number of piperazine rings is 1. The van der Waals surface area contributed by atoms with Crippen LogP contribution in [0, 0.1) is 0 Å². The minimum Gasteiger partial charge on any atom is -0.504 e. The second-order valence-corrected chi connectivity index (χ2v) is 3.59. The average molecular weight is 230 g/mol. The number of anilines is 1. The minimum absolute atomic E-state index is 0. The highest BCUT2D eigenvalue weighted by Crippen LogP contribution is 2.25. The molecule has 2 heterocycles. The first-order valence-electron chi connectivity index (χ1n) is 4.90. The molecule has 1 unspecified atom stereocenters. The molecule has 84 valence electrons. The highest BCUT2D eigenvalue weighted by Gasteiger charge is 2.21. The molecule has 15 heavy (non-hydrogen) atoms. The third-order valence-electron chi connectivity index (χ3n) is 2.54. The molecular weight excluding hydrogens is 214 g/mol. The summed E-state index contributed by atoms with van der Waals surface area (Å²) in [6.45, 7) is 4.91. The molecule has 0 bridgehead atoms. The van der Waals surface area contributed by atoms with E-state index in [1.54, 1.807) is 18.3 Å². The van der Waals surface area contributed by atoms with E-state index in [-0.39, 0.29) is 18.2 Å². The van der Waals surface area contributed by atoms with Gasteiger partial charge in [-0.2, -0.15) is 0 Å². The summed E-state index contributed by atoms with van der Waals surface area (Å²) in [7, 11) is 0. The Morgan fingerprint density at radius 2 is 2.40 bits per heavy atom. The maximum atomic E-state index is 9.66. The van der Waals surface area contributed by atoms with Crippen molar-refractivity contribution in [3.63, 3.8) is 0 Å². The largest absolute Gasteiger partial charge is 0.504 e. The van der Waals surface area contributed by atoms with Crippen molar-refractivity contribution < 1.29 is 5.11 Å². The van der Waals surface area contributed by atoms with E-state index >= 15 is 0 Å². The molecule has 0 amide bonds. The summed E-state index contributed by atoms with van der Waals surface area (Å²) in [5.74, 6) is 0.961. The van der Waals surface area contributed by atoms with Crippen LogP contribution < -0.4 is 10.2 Å². The standard InChI is InChI=1S/C10H15N3O.ClH/c1-8-7-11-5-6-13(8)10-9(14)3-2-4-12-10;/h2-4,8,11,14H,5-7H2,1H3;1H. The van der Waals surface area contributed by atoms with Crippen molar-refractivity contribution in [1.82, 2.24) is 10.3 Å². The molecule has 1 aliphatic heterocycles. The van der Waals surface area contributed by atoms with E-state index in [0.29, 0.717) is 11.9 Å². The number of halogens is 1. The maximum Gasteiger partial charge on any atom is 0.171 e. The van der Waals surface area contributed by atoms with Crippen molar-refractivity contribution in [2.24, 2.45) is 0 Å². The number of aromatic hydroxyl groups is 1. The lowest BCUT2D eigenvalue weighted by Gasteiger charge is -2.35. The Morgan fingerprint density at radius 3 is 3.07 bits per heavy atom. The number of nitrogens with one attached hydrogen (secondary N) is 1. The quantitative estimate of drug-likeness (QED) is 0.755. The van der Waals surface area contributed by atoms with Gasteiger partial charge in [-0.3, -0.25) is 0 Å². The van der Waals surface area contributed by atoms with Gasteiger partial charge < -0.3 is 15.3 Å². The normalized spacial score (nSPS) is 20.9. The molecule has 5 heteroatoms. The van der Waals surface area contributed by atoms with Gasteiger partial charge in [-0.15, -0.1) is 12.4 Å². The van der Waals surface area contributed by atoms with E-state index in [1.807, 2.05) is 0 Å². The minimum atomic E-state index is 0. The summed E-state index contributed by atoms with van der Waals surface area (Å²) in [5, 5.41) is 13.0. The summed E-state index contributed by atoms with van der Waals surface area (Å²) in [6.07, 6.45) is 1.71. The van der Waals surface area contributed by atoms with E-state index in [0.717, 1.165) is 19.6 Å². The van der Waals surface area contributed by atoms with Gasteiger partial charge in [-0.05, 0) is 19.1 Å². The average Bonchev–Trinajstić information content (AvgIpc) is 2.20. The van der Waals surface area contributed by atoms with Crippen LogP contribution in [0.25, 0.3) is 0 Å². The lowest BCUT2D eigenvalue weighted by Crippen LogP contribution is -2.50. The van der Waals surface area contributed by atoms with Crippen molar-refractivity contribution in [2.75, 3.05) is 24.5 Å². The van der Waals surface area contributed by atoms with E-state index in [4.69, 9.17) is 0 Å². The predicted octanol–water partition coefficient (Wildman–Crippen LogP) is 1.01. The molecule has 2 N–H and O–H groups in total. The molecule has 0 radical (unpaired) electrons. The molecule has 1 fully saturated rings. The number of hydrogen-bond donors (Lipinski definition) is 2. The predicted molar refractivity (Wildman–Crippen MR) is 62.8 cm³/mol. The molecule has 0 aromatic carbocycles. The van der Waals surface area contributed by atoms with Crippen LogP contribution in [0.4, 0.5) is 5.82 Å². The molecule has 1 atom stereocenters. The molecule has 1 aliphatic rings. The van der Waals surface area contributed by atoms with E-state index in [1.165, 1.54) is 0 Å². The van der Waals surface area contributed by atoms with Gasteiger partial charge in [-0.1, -0.05) is 0 Å². The first kappa shape index (κ1) is 12.1. The van der Waals surface area contributed by atoms with Gasteiger partial charge in [0.25, 0.3) is 0 Å². The van der Waals surface area contributed by atoms with Gasteiger partial charge in [0, 0.05) is 31.9 Å². The van der Waals surface area contributed by atoms with Gasteiger partial charge in [0.1, 0.15) is 0 Å². The third kappa shape index (κ3) is 2.52. The molecule has 4 nitrogen and oxygen atoms in total. The van der Waals surface area contributed by atoms with Crippen LogP contribution in [-0.2, 0) is 0 Å². The molecule has 1 aromatic heterocycles. The Hall–Kier alpha value is -1.00. The summed E-state index contributed by atoms with van der Waals surface area (Å²) in [5.41, 5.74) is 0. The van der Waals surface area contributed by atoms with Crippen molar-refractivity contribution >= 4 is 18.2 Å². The Balaban J connectivity index is 0.00000112. The van der Waals surface area contributed by atoms with Gasteiger partial charge in [0.05, 0.1) is 0 Å². The monoisotopic (exact) mass is 229 g/mol. The van der Waals surface area contributed by atoms with Crippen molar-refractivity contribution in [3.8, 4) is 5.75 Å². The zero-order chi connectivity index (χ0) is 9.97. The van der Waals surface area contributed by atoms with Crippen LogP contribution in [0.15, 0.2) is 18.3 Å². The van der Waals surface area contributed by atoms with Crippen LogP contribution >= 0.6 is 12.4 Å². The van der Waals surface area contributed by atoms with E-state index in [9.17, 15) is 5.11 Å².